The van der Waals surface area contributed by atoms with Crippen molar-refractivity contribution in [1.82, 2.24) is 9.80 Å². The van der Waals surface area contributed by atoms with Crippen LogP contribution in [0.25, 0.3) is 6.08 Å². The minimum absolute atomic E-state index is 0.932. The highest BCUT2D eigenvalue weighted by Crippen LogP contribution is 2.07. The summed E-state index contributed by atoms with van der Waals surface area (Å²) in [5.74, 6) is 0.932. The minimum atomic E-state index is 0.932. The van der Waals surface area contributed by atoms with Gasteiger partial charge in [0.1, 0.15) is 5.76 Å². The van der Waals surface area contributed by atoms with Crippen molar-refractivity contribution < 1.29 is 4.42 Å². The normalized spacial score (nSPS) is 17.3. The van der Waals surface area contributed by atoms with Crippen LogP contribution in [-0.2, 0) is 6.42 Å². The number of nitrogens with zero attached hydrogens (tertiary/aromatic N) is 2. The van der Waals surface area contributed by atoms with E-state index in [1.165, 1.54) is 25.2 Å². The lowest BCUT2D eigenvalue weighted by atomic mass is 10.1. The van der Waals surface area contributed by atoms with Crippen LogP contribution in [0.1, 0.15) is 11.3 Å². The summed E-state index contributed by atoms with van der Waals surface area (Å²) < 4.78 is 5.30. The second-order valence-corrected chi connectivity index (χ2v) is 5.80. The van der Waals surface area contributed by atoms with Crippen LogP contribution in [0.5, 0.6) is 0 Å². The van der Waals surface area contributed by atoms with E-state index in [4.69, 9.17) is 4.42 Å². The molecule has 3 nitrogen and oxygen atoms in total. The zero-order valence-electron chi connectivity index (χ0n) is 13.0. The van der Waals surface area contributed by atoms with Crippen LogP contribution in [-0.4, -0.2) is 49.1 Å². The highest BCUT2D eigenvalue weighted by atomic mass is 16.3. The summed E-state index contributed by atoms with van der Waals surface area (Å²) in [7, 11) is 0. The molecule has 1 aliphatic heterocycles. The third kappa shape index (κ3) is 4.58. The zero-order chi connectivity index (χ0) is 15.0. The van der Waals surface area contributed by atoms with E-state index in [1.807, 2.05) is 12.1 Å². The fourth-order valence-electron chi connectivity index (χ4n) is 2.83. The van der Waals surface area contributed by atoms with Gasteiger partial charge in [0.25, 0.3) is 0 Å². The molecule has 0 amide bonds. The van der Waals surface area contributed by atoms with Crippen LogP contribution in [0.4, 0.5) is 0 Å². The first-order chi connectivity index (χ1) is 10.9. The summed E-state index contributed by atoms with van der Waals surface area (Å²) in [6.07, 6.45) is 7.12. The number of benzene rings is 1. The summed E-state index contributed by atoms with van der Waals surface area (Å²) in [5, 5.41) is 0. The van der Waals surface area contributed by atoms with Crippen molar-refractivity contribution in [3.05, 3.63) is 66.1 Å². The molecule has 0 unspecified atom stereocenters. The first-order valence-corrected chi connectivity index (χ1v) is 8.09. The molecule has 0 saturated carbocycles. The van der Waals surface area contributed by atoms with E-state index in [0.29, 0.717) is 0 Å². The monoisotopic (exact) mass is 296 g/mol. The maximum Gasteiger partial charge on any atom is 0.126 e. The van der Waals surface area contributed by atoms with E-state index in [0.717, 1.165) is 31.8 Å². The Hall–Kier alpha value is -1.84. The van der Waals surface area contributed by atoms with E-state index in [-0.39, 0.29) is 0 Å². The van der Waals surface area contributed by atoms with Crippen molar-refractivity contribution >= 4 is 6.08 Å². The highest BCUT2D eigenvalue weighted by molar-refractivity contribution is 5.42. The predicted molar refractivity (Wildman–Crippen MR) is 90.8 cm³/mol. The van der Waals surface area contributed by atoms with Gasteiger partial charge in [-0.05, 0) is 30.2 Å². The fourth-order valence-corrected chi connectivity index (χ4v) is 2.83. The third-order valence-corrected chi connectivity index (χ3v) is 4.21. The molecule has 1 saturated heterocycles. The molecule has 2 aromatic rings. The highest BCUT2D eigenvalue weighted by Gasteiger charge is 2.15. The SMILES string of the molecule is C(=Cc1ccco1)CN1CCN(CCc2ccccc2)CC1. The Morgan fingerprint density at radius 1 is 0.909 bits per heavy atom. The molecule has 2 heterocycles. The first-order valence-electron chi connectivity index (χ1n) is 8.09. The molecule has 3 rings (SSSR count). The number of piperazine rings is 1. The molecule has 0 N–H and O–H groups in total. The summed E-state index contributed by atoms with van der Waals surface area (Å²) in [4.78, 5) is 5.07. The predicted octanol–water partition coefficient (Wildman–Crippen LogP) is 3.15. The molecule has 116 valence electrons. The topological polar surface area (TPSA) is 19.6 Å². The van der Waals surface area contributed by atoms with Crippen molar-refractivity contribution in [3.63, 3.8) is 0 Å². The van der Waals surface area contributed by atoms with Gasteiger partial charge >= 0.3 is 0 Å². The molecule has 1 aromatic heterocycles. The van der Waals surface area contributed by atoms with Crippen LogP contribution in [0.15, 0.2) is 59.2 Å². The second kappa shape index (κ2) is 7.97. The summed E-state index contributed by atoms with van der Waals surface area (Å²) >= 11 is 0. The largest absolute Gasteiger partial charge is 0.465 e. The summed E-state index contributed by atoms with van der Waals surface area (Å²) in [6, 6.07) is 14.7. The van der Waals surface area contributed by atoms with Gasteiger partial charge in [0.05, 0.1) is 6.26 Å². The van der Waals surface area contributed by atoms with Crippen molar-refractivity contribution in [2.24, 2.45) is 0 Å². The Kier molecular flexibility index (Phi) is 5.46. The average Bonchev–Trinajstić information content (AvgIpc) is 3.08. The lowest BCUT2D eigenvalue weighted by Crippen LogP contribution is -2.46. The van der Waals surface area contributed by atoms with E-state index >= 15 is 0 Å². The maximum atomic E-state index is 5.30. The molecule has 0 aliphatic carbocycles. The van der Waals surface area contributed by atoms with Gasteiger partial charge < -0.3 is 9.32 Å². The lowest BCUT2D eigenvalue weighted by Gasteiger charge is -2.34. The van der Waals surface area contributed by atoms with Crippen LogP contribution in [0, 0.1) is 0 Å². The molecular weight excluding hydrogens is 272 g/mol. The molecule has 0 spiro atoms. The van der Waals surface area contributed by atoms with Gasteiger partial charge in [-0.2, -0.15) is 0 Å². The van der Waals surface area contributed by atoms with Gasteiger partial charge in [-0.25, -0.2) is 0 Å². The molecule has 0 atom stereocenters. The Morgan fingerprint density at radius 3 is 2.41 bits per heavy atom. The molecule has 22 heavy (non-hydrogen) atoms. The van der Waals surface area contributed by atoms with Gasteiger partial charge in [-0.15, -0.1) is 0 Å². The van der Waals surface area contributed by atoms with Crippen LogP contribution in [0.3, 0.4) is 0 Å². The molecule has 3 heteroatoms. The van der Waals surface area contributed by atoms with Gasteiger partial charge in [0, 0.05) is 39.3 Å². The van der Waals surface area contributed by atoms with Gasteiger partial charge in [-0.3, -0.25) is 4.90 Å². The van der Waals surface area contributed by atoms with Gasteiger partial charge in [0.2, 0.25) is 0 Å². The Morgan fingerprint density at radius 2 is 1.68 bits per heavy atom. The lowest BCUT2D eigenvalue weighted by molar-refractivity contribution is 0.144. The Bertz CT molecular complexity index is 554. The fraction of sp³-hybridized carbons (Fsp3) is 0.368. The molecule has 1 aromatic carbocycles. The molecule has 1 fully saturated rings. The molecule has 0 radical (unpaired) electrons. The van der Waals surface area contributed by atoms with E-state index < -0.39 is 0 Å². The van der Waals surface area contributed by atoms with E-state index in [1.54, 1.807) is 6.26 Å². The minimum Gasteiger partial charge on any atom is -0.465 e. The Labute approximate surface area is 132 Å². The van der Waals surface area contributed by atoms with Crippen LogP contribution < -0.4 is 0 Å². The first kappa shape index (κ1) is 15.1. The number of hydrogen-bond acceptors (Lipinski definition) is 3. The van der Waals surface area contributed by atoms with Crippen LogP contribution >= 0.6 is 0 Å². The van der Waals surface area contributed by atoms with Gasteiger partial charge in [0.15, 0.2) is 0 Å². The van der Waals surface area contributed by atoms with Crippen molar-refractivity contribution in [3.8, 4) is 0 Å². The summed E-state index contributed by atoms with van der Waals surface area (Å²) in [5.41, 5.74) is 1.44. The zero-order valence-corrected chi connectivity index (χ0v) is 13.0. The van der Waals surface area contributed by atoms with E-state index in [9.17, 15) is 0 Å². The average molecular weight is 296 g/mol. The van der Waals surface area contributed by atoms with Crippen molar-refractivity contribution in [2.75, 3.05) is 39.3 Å². The van der Waals surface area contributed by atoms with Crippen molar-refractivity contribution in [2.45, 2.75) is 6.42 Å². The second-order valence-electron chi connectivity index (χ2n) is 5.80. The third-order valence-electron chi connectivity index (χ3n) is 4.21. The summed E-state index contributed by atoms with van der Waals surface area (Å²) in [6.45, 7) is 6.81. The van der Waals surface area contributed by atoms with E-state index in [2.05, 4.69) is 52.3 Å². The standard InChI is InChI=1S/C19H24N2O/c1-2-6-18(7-3-1)10-12-21-15-13-20(14-16-21)11-4-8-19-9-5-17-22-19/h1-9,17H,10-16H2. The number of rotatable bonds is 6. The number of furan rings is 1. The molecule has 1 aliphatic rings. The number of hydrogen-bond donors (Lipinski definition) is 0. The quantitative estimate of drug-likeness (QED) is 0.816. The maximum absolute atomic E-state index is 5.30. The molecule has 0 bridgehead atoms. The Balaban J connectivity index is 1.35. The smallest absolute Gasteiger partial charge is 0.126 e. The van der Waals surface area contributed by atoms with Crippen molar-refractivity contribution in [1.29, 1.82) is 0 Å². The van der Waals surface area contributed by atoms with Crippen LogP contribution in [0.2, 0.25) is 0 Å². The molecular formula is C19H24N2O. The van der Waals surface area contributed by atoms with Gasteiger partial charge in [-0.1, -0.05) is 36.4 Å².